The average molecular weight is 244 g/mol. The molecule has 0 aliphatic carbocycles. The van der Waals surface area contributed by atoms with Gasteiger partial charge >= 0.3 is 0 Å². The third-order valence-corrected chi connectivity index (χ3v) is 2.67. The number of ether oxygens (including phenoxy) is 2. The lowest BCUT2D eigenvalue weighted by Crippen LogP contribution is -2.13. The third-order valence-electron chi connectivity index (χ3n) is 2.42. The summed E-state index contributed by atoms with van der Waals surface area (Å²) in [7, 11) is 1.75. The molecule has 0 radical (unpaired) electrons. The maximum Gasteiger partial charge on any atom is 0.237 e. The van der Waals surface area contributed by atoms with Gasteiger partial charge < -0.3 is 14.8 Å². The molecule has 6 heteroatoms. The van der Waals surface area contributed by atoms with E-state index < -0.39 is 0 Å². The minimum absolute atomic E-state index is 0.424. The maximum atomic E-state index is 5.93. The molecule has 0 spiro atoms. The fourth-order valence-corrected chi connectivity index (χ4v) is 1.63. The standard InChI is InChI=1S/C10H14ClN3O2/c1-12-10-13-4-8(11)9(14-10)16-6-7-2-3-15-5-7/h4,7H,2-3,5-6H2,1H3,(H,12,13,14). The van der Waals surface area contributed by atoms with Crippen LogP contribution in [0.3, 0.4) is 0 Å². The molecule has 88 valence electrons. The zero-order chi connectivity index (χ0) is 11.4. The van der Waals surface area contributed by atoms with Crippen molar-refractivity contribution in [3.63, 3.8) is 0 Å². The predicted molar refractivity (Wildman–Crippen MR) is 61.0 cm³/mol. The Labute approximate surface area is 99.1 Å². The Morgan fingerprint density at radius 3 is 3.25 bits per heavy atom. The van der Waals surface area contributed by atoms with Crippen LogP contribution in [0.25, 0.3) is 0 Å². The monoisotopic (exact) mass is 243 g/mol. The highest BCUT2D eigenvalue weighted by Crippen LogP contribution is 2.23. The van der Waals surface area contributed by atoms with E-state index in [1.54, 1.807) is 7.05 Å². The molecule has 16 heavy (non-hydrogen) atoms. The number of hydrogen-bond donors (Lipinski definition) is 1. The van der Waals surface area contributed by atoms with Gasteiger partial charge in [0, 0.05) is 19.6 Å². The van der Waals surface area contributed by atoms with E-state index in [-0.39, 0.29) is 0 Å². The normalized spacial score (nSPS) is 19.8. The van der Waals surface area contributed by atoms with Crippen LogP contribution in [0.1, 0.15) is 6.42 Å². The Balaban J connectivity index is 1.96. The van der Waals surface area contributed by atoms with Gasteiger partial charge in [-0.15, -0.1) is 0 Å². The Bertz CT molecular complexity index is 356. The number of anilines is 1. The zero-order valence-electron chi connectivity index (χ0n) is 9.07. The molecule has 1 aliphatic heterocycles. The highest BCUT2D eigenvalue weighted by atomic mass is 35.5. The molecule has 0 bridgehead atoms. The second kappa shape index (κ2) is 5.32. The molecule has 1 aliphatic rings. The number of hydrogen-bond acceptors (Lipinski definition) is 5. The van der Waals surface area contributed by atoms with Crippen molar-refractivity contribution >= 4 is 17.5 Å². The van der Waals surface area contributed by atoms with E-state index in [1.165, 1.54) is 6.20 Å². The first-order chi connectivity index (χ1) is 7.79. The van der Waals surface area contributed by atoms with Crippen LogP contribution in [0.4, 0.5) is 5.95 Å². The number of nitrogens with one attached hydrogen (secondary N) is 1. The van der Waals surface area contributed by atoms with E-state index in [9.17, 15) is 0 Å². The van der Waals surface area contributed by atoms with E-state index >= 15 is 0 Å². The van der Waals surface area contributed by atoms with E-state index in [2.05, 4.69) is 15.3 Å². The fraction of sp³-hybridized carbons (Fsp3) is 0.600. The van der Waals surface area contributed by atoms with Gasteiger partial charge in [-0.05, 0) is 6.42 Å². The highest BCUT2D eigenvalue weighted by Gasteiger charge is 2.17. The summed E-state index contributed by atoms with van der Waals surface area (Å²) in [4.78, 5) is 8.11. The molecule has 5 nitrogen and oxygen atoms in total. The lowest BCUT2D eigenvalue weighted by atomic mass is 10.1. The summed E-state index contributed by atoms with van der Waals surface area (Å²) in [6.45, 7) is 2.15. The van der Waals surface area contributed by atoms with Gasteiger partial charge in [0.1, 0.15) is 5.02 Å². The van der Waals surface area contributed by atoms with Crippen molar-refractivity contribution < 1.29 is 9.47 Å². The van der Waals surface area contributed by atoms with Crippen molar-refractivity contribution in [1.29, 1.82) is 0 Å². The summed E-state index contributed by atoms with van der Waals surface area (Å²) in [6, 6.07) is 0. The second-order valence-corrected chi connectivity index (χ2v) is 4.04. The van der Waals surface area contributed by atoms with Gasteiger partial charge in [0.2, 0.25) is 11.8 Å². The first-order valence-electron chi connectivity index (χ1n) is 5.20. The van der Waals surface area contributed by atoms with Crippen LogP contribution in [0, 0.1) is 5.92 Å². The lowest BCUT2D eigenvalue weighted by Gasteiger charge is -2.11. The molecular formula is C10H14ClN3O2. The molecule has 1 atom stereocenters. The summed E-state index contributed by atoms with van der Waals surface area (Å²) in [6.07, 6.45) is 2.56. The van der Waals surface area contributed by atoms with E-state index in [1.807, 2.05) is 0 Å². The van der Waals surface area contributed by atoms with Crippen LogP contribution < -0.4 is 10.1 Å². The zero-order valence-corrected chi connectivity index (χ0v) is 9.83. The molecular weight excluding hydrogens is 230 g/mol. The van der Waals surface area contributed by atoms with Crippen molar-refractivity contribution in [1.82, 2.24) is 9.97 Å². The number of rotatable bonds is 4. The third kappa shape index (κ3) is 2.74. The van der Waals surface area contributed by atoms with Crippen molar-refractivity contribution in [3.05, 3.63) is 11.2 Å². The van der Waals surface area contributed by atoms with Gasteiger partial charge in [-0.1, -0.05) is 11.6 Å². The SMILES string of the molecule is CNc1ncc(Cl)c(OCC2CCOC2)n1. The molecule has 2 heterocycles. The van der Waals surface area contributed by atoms with E-state index in [4.69, 9.17) is 21.1 Å². The number of nitrogens with zero attached hydrogens (tertiary/aromatic N) is 2. The lowest BCUT2D eigenvalue weighted by molar-refractivity contribution is 0.165. The summed E-state index contributed by atoms with van der Waals surface area (Å²) in [5.74, 6) is 1.36. The number of halogens is 1. The van der Waals surface area contributed by atoms with Crippen LogP contribution >= 0.6 is 11.6 Å². The smallest absolute Gasteiger partial charge is 0.237 e. The van der Waals surface area contributed by atoms with Crippen LogP contribution in [0.2, 0.25) is 5.02 Å². The van der Waals surface area contributed by atoms with E-state index in [0.717, 1.165) is 19.6 Å². The van der Waals surface area contributed by atoms with Crippen LogP contribution in [-0.4, -0.2) is 36.8 Å². The maximum absolute atomic E-state index is 5.93. The van der Waals surface area contributed by atoms with Crippen LogP contribution in [0.15, 0.2) is 6.20 Å². The van der Waals surface area contributed by atoms with Gasteiger partial charge in [-0.25, -0.2) is 4.98 Å². The highest BCUT2D eigenvalue weighted by molar-refractivity contribution is 6.31. The minimum Gasteiger partial charge on any atom is -0.476 e. The van der Waals surface area contributed by atoms with Crippen molar-refractivity contribution in [3.8, 4) is 5.88 Å². The Morgan fingerprint density at radius 2 is 2.56 bits per heavy atom. The fourth-order valence-electron chi connectivity index (χ4n) is 1.48. The molecule has 1 saturated heterocycles. The molecule has 0 aromatic carbocycles. The number of aromatic nitrogens is 2. The molecule has 2 rings (SSSR count). The largest absolute Gasteiger partial charge is 0.476 e. The predicted octanol–water partition coefficient (Wildman–Crippen LogP) is 1.59. The summed E-state index contributed by atoms with van der Waals surface area (Å²) in [5.41, 5.74) is 0. The van der Waals surface area contributed by atoms with Crippen molar-refractivity contribution in [2.75, 3.05) is 32.2 Å². The first kappa shape index (κ1) is 11.4. The summed E-state index contributed by atoms with van der Waals surface area (Å²) >= 11 is 5.93. The van der Waals surface area contributed by atoms with Crippen molar-refractivity contribution in [2.45, 2.75) is 6.42 Å². The Kier molecular flexibility index (Phi) is 3.79. The molecule has 1 fully saturated rings. The summed E-state index contributed by atoms with van der Waals surface area (Å²) < 4.78 is 10.8. The Morgan fingerprint density at radius 1 is 1.69 bits per heavy atom. The second-order valence-electron chi connectivity index (χ2n) is 3.64. The Hall–Kier alpha value is -1.07. The van der Waals surface area contributed by atoms with Gasteiger partial charge in [0.25, 0.3) is 0 Å². The molecule has 1 aromatic heterocycles. The molecule has 1 aromatic rings. The van der Waals surface area contributed by atoms with Gasteiger partial charge in [0.15, 0.2) is 0 Å². The van der Waals surface area contributed by atoms with Crippen LogP contribution in [0.5, 0.6) is 5.88 Å². The molecule has 0 amide bonds. The summed E-state index contributed by atoms with van der Waals surface area (Å²) in [5, 5.41) is 3.27. The van der Waals surface area contributed by atoms with Gasteiger partial charge in [0.05, 0.1) is 19.4 Å². The molecule has 1 unspecified atom stereocenters. The van der Waals surface area contributed by atoms with E-state index in [0.29, 0.717) is 29.4 Å². The average Bonchev–Trinajstić information content (AvgIpc) is 2.81. The first-order valence-corrected chi connectivity index (χ1v) is 5.58. The molecule has 1 N–H and O–H groups in total. The molecule has 0 saturated carbocycles. The minimum atomic E-state index is 0.424. The topological polar surface area (TPSA) is 56.3 Å². The van der Waals surface area contributed by atoms with Gasteiger partial charge in [-0.2, -0.15) is 4.98 Å². The van der Waals surface area contributed by atoms with Gasteiger partial charge in [-0.3, -0.25) is 0 Å². The quantitative estimate of drug-likeness (QED) is 0.870. The van der Waals surface area contributed by atoms with Crippen molar-refractivity contribution in [2.24, 2.45) is 5.92 Å². The van der Waals surface area contributed by atoms with Crippen LogP contribution in [-0.2, 0) is 4.74 Å².